The van der Waals surface area contributed by atoms with E-state index in [9.17, 15) is 13.2 Å². The summed E-state index contributed by atoms with van der Waals surface area (Å²) in [7, 11) is -3.51. The topological polar surface area (TPSA) is 84.9 Å². The van der Waals surface area contributed by atoms with Gasteiger partial charge in [-0.2, -0.15) is 0 Å². The molecule has 1 N–H and O–H groups in total. The second-order valence-corrected chi connectivity index (χ2v) is 8.76. The molecule has 0 bridgehead atoms. The van der Waals surface area contributed by atoms with Gasteiger partial charge >= 0.3 is 0 Å². The first-order valence-corrected chi connectivity index (χ1v) is 11.8. The second-order valence-electron chi connectivity index (χ2n) is 6.85. The minimum Gasteiger partial charge on any atom is -0.492 e. The van der Waals surface area contributed by atoms with Crippen molar-refractivity contribution in [3.05, 3.63) is 54.1 Å². The Bertz CT molecular complexity index is 931. The monoisotopic (exact) mass is 434 g/mol. The largest absolute Gasteiger partial charge is 0.492 e. The van der Waals surface area contributed by atoms with E-state index in [0.29, 0.717) is 37.6 Å². The van der Waals surface area contributed by atoms with Crippen LogP contribution in [0.3, 0.4) is 0 Å². The predicted molar refractivity (Wildman–Crippen MR) is 119 cm³/mol. The van der Waals surface area contributed by atoms with Crippen LogP contribution in [0, 0.1) is 6.92 Å². The summed E-state index contributed by atoms with van der Waals surface area (Å²) >= 11 is 0. The van der Waals surface area contributed by atoms with Gasteiger partial charge in [0.05, 0.1) is 25.1 Å². The number of aryl methyl sites for hydroxylation is 1. The maximum absolute atomic E-state index is 12.3. The normalized spacial score (nSPS) is 11.0. The molecule has 0 aromatic heterocycles. The number of para-hydroxylation sites is 2. The number of benzene rings is 2. The third kappa shape index (κ3) is 7.59. The van der Waals surface area contributed by atoms with Crippen molar-refractivity contribution in [3.63, 3.8) is 0 Å². The highest BCUT2D eigenvalue weighted by Gasteiger charge is 2.21. The average molecular weight is 435 g/mol. The molecule has 0 fully saturated rings. The Balaban J connectivity index is 1.81. The van der Waals surface area contributed by atoms with Crippen LogP contribution in [0.15, 0.2) is 48.5 Å². The Kier molecular flexibility index (Phi) is 8.98. The van der Waals surface area contributed by atoms with Crippen molar-refractivity contribution in [2.45, 2.75) is 26.7 Å². The van der Waals surface area contributed by atoms with Crippen LogP contribution in [-0.2, 0) is 14.8 Å². The van der Waals surface area contributed by atoms with Gasteiger partial charge in [-0.25, -0.2) is 8.42 Å². The molecule has 0 aliphatic carbocycles. The van der Waals surface area contributed by atoms with Crippen molar-refractivity contribution in [1.82, 2.24) is 5.32 Å². The highest BCUT2D eigenvalue weighted by atomic mass is 32.2. The Hall–Kier alpha value is -2.74. The molecule has 1 amide bonds. The van der Waals surface area contributed by atoms with Crippen LogP contribution in [0.4, 0.5) is 5.69 Å². The third-order valence-corrected chi connectivity index (χ3v) is 5.46. The molecule has 0 saturated heterocycles. The van der Waals surface area contributed by atoms with E-state index in [1.807, 2.05) is 38.1 Å². The Labute approximate surface area is 179 Å². The first kappa shape index (κ1) is 23.5. The Morgan fingerprint density at radius 3 is 2.57 bits per heavy atom. The van der Waals surface area contributed by atoms with Gasteiger partial charge in [0.25, 0.3) is 0 Å². The number of hydrogen-bond donors (Lipinski definition) is 1. The molecule has 0 saturated carbocycles. The first-order valence-electron chi connectivity index (χ1n) is 9.97. The lowest BCUT2D eigenvalue weighted by Crippen LogP contribution is -2.33. The van der Waals surface area contributed by atoms with E-state index in [0.717, 1.165) is 17.6 Å². The van der Waals surface area contributed by atoms with Gasteiger partial charge in [0.1, 0.15) is 18.1 Å². The summed E-state index contributed by atoms with van der Waals surface area (Å²) in [6.45, 7) is 5.20. The van der Waals surface area contributed by atoms with Crippen LogP contribution >= 0.6 is 0 Å². The molecule has 2 aromatic rings. The van der Waals surface area contributed by atoms with E-state index < -0.39 is 10.0 Å². The molecule has 2 aromatic carbocycles. The zero-order valence-corrected chi connectivity index (χ0v) is 18.6. The summed E-state index contributed by atoms with van der Waals surface area (Å²) in [4.78, 5) is 12.1. The molecule has 30 heavy (non-hydrogen) atoms. The van der Waals surface area contributed by atoms with Crippen LogP contribution in [0.2, 0.25) is 0 Å². The Morgan fingerprint density at radius 2 is 1.87 bits per heavy atom. The molecule has 7 nitrogen and oxygen atoms in total. The number of sulfonamides is 1. The summed E-state index contributed by atoms with van der Waals surface area (Å²) in [5, 5.41) is 2.79. The molecule has 0 aliphatic rings. The van der Waals surface area contributed by atoms with Crippen molar-refractivity contribution in [1.29, 1.82) is 0 Å². The quantitative estimate of drug-likeness (QED) is 0.519. The first-order chi connectivity index (χ1) is 14.3. The maximum Gasteiger partial charge on any atom is 0.232 e. The van der Waals surface area contributed by atoms with Crippen LogP contribution < -0.4 is 19.1 Å². The van der Waals surface area contributed by atoms with Crippen molar-refractivity contribution < 1.29 is 22.7 Å². The van der Waals surface area contributed by atoms with E-state index in [1.165, 1.54) is 4.31 Å². The van der Waals surface area contributed by atoms with Crippen LogP contribution in [0.1, 0.15) is 25.3 Å². The lowest BCUT2D eigenvalue weighted by atomic mass is 10.2. The van der Waals surface area contributed by atoms with Gasteiger partial charge in [0, 0.05) is 13.0 Å². The molecule has 0 atom stereocenters. The fraction of sp³-hybridized carbons (Fsp3) is 0.409. The third-order valence-electron chi connectivity index (χ3n) is 4.28. The minimum absolute atomic E-state index is 0.144. The van der Waals surface area contributed by atoms with Crippen molar-refractivity contribution >= 4 is 21.6 Å². The number of amides is 1. The fourth-order valence-corrected chi connectivity index (χ4v) is 3.91. The number of anilines is 1. The number of carbonyl (C=O) groups excluding carboxylic acids is 1. The van der Waals surface area contributed by atoms with E-state index in [1.54, 1.807) is 24.3 Å². The summed E-state index contributed by atoms with van der Waals surface area (Å²) < 4.78 is 37.0. The predicted octanol–water partition coefficient (Wildman–Crippen LogP) is 3.14. The van der Waals surface area contributed by atoms with E-state index in [-0.39, 0.29) is 18.9 Å². The fourth-order valence-electron chi connectivity index (χ4n) is 2.94. The molecule has 164 valence electrons. The van der Waals surface area contributed by atoms with E-state index in [4.69, 9.17) is 9.47 Å². The van der Waals surface area contributed by atoms with Gasteiger partial charge in [0.15, 0.2) is 0 Å². The molecule has 0 radical (unpaired) electrons. The summed E-state index contributed by atoms with van der Waals surface area (Å²) in [6, 6.07) is 14.7. The van der Waals surface area contributed by atoms with Crippen LogP contribution in [0.5, 0.6) is 11.5 Å². The van der Waals surface area contributed by atoms with Gasteiger partial charge in [-0.15, -0.1) is 0 Å². The lowest BCUT2D eigenvalue weighted by Gasteiger charge is -2.24. The second kappa shape index (κ2) is 11.4. The molecule has 0 unspecified atom stereocenters. The van der Waals surface area contributed by atoms with Crippen molar-refractivity contribution in [2.75, 3.05) is 36.9 Å². The molecular weight excluding hydrogens is 404 g/mol. The highest BCUT2D eigenvalue weighted by Crippen LogP contribution is 2.30. The standard InChI is InChI=1S/C22H30N2O5S/c1-4-28-21-12-6-5-11-20(21)24(30(3,26)27)15-8-13-22(25)23-14-16-29-19-10-7-9-18(2)17-19/h5-7,9-12,17H,4,8,13-16H2,1-3H3,(H,23,25). The van der Waals surface area contributed by atoms with Gasteiger partial charge in [-0.1, -0.05) is 24.3 Å². The number of ether oxygens (including phenoxy) is 2. The molecule has 8 heteroatoms. The van der Waals surface area contributed by atoms with Crippen molar-refractivity contribution in [3.8, 4) is 11.5 Å². The zero-order chi connectivity index (χ0) is 22.0. The SMILES string of the molecule is CCOc1ccccc1N(CCCC(=O)NCCOc1cccc(C)c1)S(C)(=O)=O. The average Bonchev–Trinajstić information content (AvgIpc) is 2.69. The highest BCUT2D eigenvalue weighted by molar-refractivity contribution is 7.92. The summed E-state index contributed by atoms with van der Waals surface area (Å²) in [6.07, 6.45) is 1.75. The van der Waals surface area contributed by atoms with Crippen LogP contribution in [-0.4, -0.2) is 46.9 Å². The number of carbonyl (C=O) groups is 1. The van der Waals surface area contributed by atoms with Gasteiger partial charge in [0.2, 0.25) is 15.9 Å². The minimum atomic E-state index is -3.51. The smallest absolute Gasteiger partial charge is 0.232 e. The zero-order valence-electron chi connectivity index (χ0n) is 17.8. The number of hydrogen-bond acceptors (Lipinski definition) is 5. The molecule has 0 heterocycles. The molecule has 0 spiro atoms. The van der Waals surface area contributed by atoms with Crippen LogP contribution in [0.25, 0.3) is 0 Å². The number of rotatable bonds is 12. The summed E-state index contributed by atoms with van der Waals surface area (Å²) in [5.41, 5.74) is 1.59. The van der Waals surface area contributed by atoms with Gasteiger partial charge < -0.3 is 14.8 Å². The number of nitrogens with zero attached hydrogens (tertiary/aromatic N) is 1. The molecule has 2 rings (SSSR count). The number of nitrogens with one attached hydrogen (secondary N) is 1. The van der Waals surface area contributed by atoms with E-state index >= 15 is 0 Å². The Morgan fingerprint density at radius 1 is 1.10 bits per heavy atom. The maximum atomic E-state index is 12.3. The lowest BCUT2D eigenvalue weighted by molar-refractivity contribution is -0.121. The van der Waals surface area contributed by atoms with Gasteiger partial charge in [-0.3, -0.25) is 9.10 Å². The van der Waals surface area contributed by atoms with E-state index in [2.05, 4.69) is 5.32 Å². The summed E-state index contributed by atoms with van der Waals surface area (Å²) in [5.74, 6) is 1.12. The van der Waals surface area contributed by atoms with Gasteiger partial charge in [-0.05, 0) is 50.1 Å². The molecule has 0 aliphatic heterocycles. The van der Waals surface area contributed by atoms with Crippen molar-refractivity contribution in [2.24, 2.45) is 0 Å². The molecular formula is C22H30N2O5S.